The SMILES string of the molecule is CCNCCC/C=C/c1ccc2c(c1)/C(=N\OC(C)(C)C)c1ccccc1-2. The van der Waals surface area contributed by atoms with Crippen molar-refractivity contribution in [1.82, 2.24) is 5.32 Å². The van der Waals surface area contributed by atoms with E-state index in [1.54, 1.807) is 0 Å². The van der Waals surface area contributed by atoms with Crippen molar-refractivity contribution in [3.8, 4) is 11.1 Å². The molecule has 0 bridgehead atoms. The Morgan fingerprint density at radius 2 is 1.74 bits per heavy atom. The van der Waals surface area contributed by atoms with Gasteiger partial charge in [-0.2, -0.15) is 0 Å². The molecule has 3 rings (SSSR count). The fraction of sp³-hybridized carbons (Fsp3) is 0.375. The smallest absolute Gasteiger partial charge is 0.129 e. The van der Waals surface area contributed by atoms with Gasteiger partial charge in [-0.15, -0.1) is 0 Å². The summed E-state index contributed by atoms with van der Waals surface area (Å²) in [6.45, 7) is 10.3. The molecular weight excluding hydrogens is 332 g/mol. The summed E-state index contributed by atoms with van der Waals surface area (Å²) in [5.41, 5.74) is 6.57. The first-order chi connectivity index (χ1) is 13.0. The third-order valence-electron chi connectivity index (χ3n) is 4.47. The third kappa shape index (κ3) is 4.86. The van der Waals surface area contributed by atoms with Gasteiger partial charge in [-0.1, -0.05) is 60.6 Å². The van der Waals surface area contributed by atoms with Gasteiger partial charge in [-0.25, -0.2) is 0 Å². The quantitative estimate of drug-likeness (QED) is 0.436. The maximum atomic E-state index is 5.77. The molecule has 1 aliphatic rings. The van der Waals surface area contributed by atoms with E-state index in [0.717, 1.165) is 42.8 Å². The van der Waals surface area contributed by atoms with Crippen LogP contribution in [0.2, 0.25) is 0 Å². The van der Waals surface area contributed by atoms with Crippen LogP contribution in [-0.2, 0) is 4.84 Å². The fourth-order valence-corrected chi connectivity index (χ4v) is 3.19. The van der Waals surface area contributed by atoms with Crippen molar-refractivity contribution in [2.45, 2.75) is 46.1 Å². The molecule has 0 saturated heterocycles. The number of rotatable bonds is 7. The molecule has 1 N–H and O–H groups in total. The average Bonchev–Trinajstić information content (AvgIpc) is 2.95. The van der Waals surface area contributed by atoms with Crippen LogP contribution < -0.4 is 5.32 Å². The standard InChI is InChI=1S/C24H30N2O/c1-5-25-16-10-6-7-11-18-14-15-20-19-12-8-9-13-21(19)23(22(20)17-18)26-27-24(2,3)4/h7-9,11-15,17,25H,5-6,10,16H2,1-4H3/b11-7+,26-23-. The number of nitrogens with one attached hydrogen (secondary N) is 1. The molecule has 0 aromatic heterocycles. The molecular formula is C24H30N2O. The van der Waals surface area contributed by atoms with Crippen LogP contribution in [0.3, 0.4) is 0 Å². The number of oxime groups is 1. The zero-order chi connectivity index (χ0) is 19.3. The van der Waals surface area contributed by atoms with Crippen LogP contribution in [0.1, 0.15) is 57.2 Å². The van der Waals surface area contributed by atoms with Gasteiger partial charge in [0, 0.05) is 11.1 Å². The highest BCUT2D eigenvalue weighted by Crippen LogP contribution is 2.37. The fourth-order valence-electron chi connectivity index (χ4n) is 3.19. The minimum absolute atomic E-state index is 0.311. The second-order valence-electron chi connectivity index (χ2n) is 7.89. The summed E-state index contributed by atoms with van der Waals surface area (Å²) in [6.07, 6.45) is 6.70. The van der Waals surface area contributed by atoms with Crippen molar-refractivity contribution in [2.75, 3.05) is 13.1 Å². The Kier molecular flexibility index (Phi) is 6.12. The number of fused-ring (bicyclic) bond motifs is 3. The lowest BCUT2D eigenvalue weighted by molar-refractivity contribution is 0.00121. The molecule has 2 aromatic rings. The van der Waals surface area contributed by atoms with Crippen molar-refractivity contribution < 1.29 is 4.84 Å². The molecule has 142 valence electrons. The second kappa shape index (κ2) is 8.53. The molecule has 3 nitrogen and oxygen atoms in total. The van der Waals surface area contributed by atoms with Gasteiger partial charge in [0.15, 0.2) is 0 Å². The zero-order valence-corrected chi connectivity index (χ0v) is 16.9. The van der Waals surface area contributed by atoms with Gasteiger partial charge in [0.25, 0.3) is 0 Å². The van der Waals surface area contributed by atoms with Crippen LogP contribution in [-0.4, -0.2) is 24.4 Å². The number of allylic oxidation sites excluding steroid dienone is 1. The number of benzene rings is 2. The maximum Gasteiger partial charge on any atom is 0.129 e. The predicted molar refractivity (Wildman–Crippen MR) is 115 cm³/mol. The number of hydrogen-bond acceptors (Lipinski definition) is 3. The van der Waals surface area contributed by atoms with E-state index in [1.165, 1.54) is 16.7 Å². The summed E-state index contributed by atoms with van der Waals surface area (Å²) in [6, 6.07) is 15.0. The van der Waals surface area contributed by atoms with Crippen LogP contribution >= 0.6 is 0 Å². The number of unbranched alkanes of at least 4 members (excludes halogenated alkanes) is 1. The van der Waals surface area contributed by atoms with Crippen molar-refractivity contribution in [2.24, 2.45) is 5.16 Å². The van der Waals surface area contributed by atoms with Gasteiger partial charge in [0.2, 0.25) is 0 Å². The molecule has 0 unspecified atom stereocenters. The molecule has 27 heavy (non-hydrogen) atoms. The summed E-state index contributed by atoms with van der Waals surface area (Å²) < 4.78 is 0. The van der Waals surface area contributed by atoms with Crippen molar-refractivity contribution >= 4 is 11.8 Å². The first-order valence-corrected chi connectivity index (χ1v) is 9.87. The minimum Gasteiger partial charge on any atom is -0.390 e. The Hall–Kier alpha value is -2.39. The van der Waals surface area contributed by atoms with Gasteiger partial charge in [0.1, 0.15) is 11.3 Å². The summed E-state index contributed by atoms with van der Waals surface area (Å²) in [5, 5.41) is 7.89. The summed E-state index contributed by atoms with van der Waals surface area (Å²) in [7, 11) is 0. The lowest BCUT2D eigenvalue weighted by Gasteiger charge is -2.16. The Morgan fingerprint density at radius 1 is 1.00 bits per heavy atom. The van der Waals surface area contributed by atoms with Crippen molar-refractivity contribution in [3.05, 3.63) is 65.2 Å². The first-order valence-electron chi connectivity index (χ1n) is 9.87. The van der Waals surface area contributed by atoms with Crippen molar-refractivity contribution in [3.63, 3.8) is 0 Å². The predicted octanol–water partition coefficient (Wildman–Crippen LogP) is 5.64. The highest BCUT2D eigenvalue weighted by Gasteiger charge is 2.26. The Balaban J connectivity index is 1.85. The Bertz CT molecular complexity index is 844. The lowest BCUT2D eigenvalue weighted by atomic mass is 10.0. The molecule has 0 spiro atoms. The Labute approximate surface area is 163 Å². The topological polar surface area (TPSA) is 33.6 Å². The summed E-state index contributed by atoms with van der Waals surface area (Å²) >= 11 is 0. The van der Waals surface area contributed by atoms with E-state index in [-0.39, 0.29) is 5.60 Å². The van der Waals surface area contributed by atoms with Crippen molar-refractivity contribution in [1.29, 1.82) is 0 Å². The molecule has 0 heterocycles. The van der Waals surface area contributed by atoms with Crippen LogP contribution in [0, 0.1) is 0 Å². The Morgan fingerprint density at radius 3 is 2.48 bits per heavy atom. The van der Waals surface area contributed by atoms with Gasteiger partial charge in [-0.3, -0.25) is 0 Å². The molecule has 0 atom stereocenters. The van der Waals surface area contributed by atoms with E-state index >= 15 is 0 Å². The van der Waals surface area contributed by atoms with E-state index in [2.05, 4.69) is 72.0 Å². The first kappa shape index (κ1) is 19.4. The average molecular weight is 363 g/mol. The van der Waals surface area contributed by atoms with Crippen LogP contribution in [0.4, 0.5) is 0 Å². The molecule has 0 aliphatic heterocycles. The highest BCUT2D eigenvalue weighted by molar-refractivity contribution is 6.24. The molecule has 1 aliphatic carbocycles. The van der Waals surface area contributed by atoms with Gasteiger partial charge >= 0.3 is 0 Å². The minimum atomic E-state index is -0.311. The van der Waals surface area contributed by atoms with Gasteiger partial charge in [-0.05, 0) is 69.5 Å². The molecule has 0 radical (unpaired) electrons. The molecule has 0 amide bonds. The van der Waals surface area contributed by atoms with E-state index in [4.69, 9.17) is 4.84 Å². The lowest BCUT2D eigenvalue weighted by Crippen LogP contribution is -2.17. The van der Waals surface area contributed by atoms with Gasteiger partial charge in [0.05, 0.1) is 0 Å². The summed E-state index contributed by atoms with van der Waals surface area (Å²) in [5.74, 6) is 0. The van der Waals surface area contributed by atoms with Gasteiger partial charge < -0.3 is 10.2 Å². The van der Waals surface area contributed by atoms with Crippen LogP contribution in [0.25, 0.3) is 17.2 Å². The zero-order valence-electron chi connectivity index (χ0n) is 16.9. The highest BCUT2D eigenvalue weighted by atomic mass is 16.6. The number of nitrogens with zero attached hydrogens (tertiary/aromatic N) is 1. The van der Waals surface area contributed by atoms with Crippen LogP contribution in [0.15, 0.2) is 53.7 Å². The molecule has 3 heteroatoms. The van der Waals surface area contributed by atoms with E-state index in [9.17, 15) is 0 Å². The number of hydrogen-bond donors (Lipinski definition) is 1. The molecule has 0 saturated carbocycles. The van der Waals surface area contributed by atoms with E-state index in [0.29, 0.717) is 0 Å². The van der Waals surface area contributed by atoms with E-state index in [1.807, 2.05) is 20.8 Å². The third-order valence-corrected chi connectivity index (χ3v) is 4.47. The normalized spacial score (nSPS) is 14.6. The molecule has 2 aromatic carbocycles. The largest absolute Gasteiger partial charge is 0.390 e. The monoisotopic (exact) mass is 362 g/mol. The van der Waals surface area contributed by atoms with Crippen LogP contribution in [0.5, 0.6) is 0 Å². The molecule has 0 fully saturated rings. The summed E-state index contributed by atoms with van der Waals surface area (Å²) in [4.78, 5) is 5.77. The van der Waals surface area contributed by atoms with E-state index < -0.39 is 0 Å². The second-order valence-corrected chi connectivity index (χ2v) is 7.89. The maximum absolute atomic E-state index is 5.77.